The van der Waals surface area contributed by atoms with Crippen molar-refractivity contribution in [2.24, 2.45) is 5.92 Å². The molecule has 2 amide bonds. The fourth-order valence-corrected chi connectivity index (χ4v) is 3.81. The largest absolute Gasteiger partial charge is 0.491 e. The molecule has 2 fully saturated rings. The molecule has 2 aliphatic rings. The Morgan fingerprint density at radius 3 is 2.56 bits per heavy atom. The molecule has 1 aromatic carbocycles. The summed E-state index contributed by atoms with van der Waals surface area (Å²) < 4.78 is 11.4. The molecule has 3 rings (SSSR count). The van der Waals surface area contributed by atoms with Gasteiger partial charge in [0.2, 0.25) is 0 Å². The summed E-state index contributed by atoms with van der Waals surface area (Å²) in [6.45, 7) is 4.47. The van der Waals surface area contributed by atoms with E-state index in [0.717, 1.165) is 31.3 Å². The van der Waals surface area contributed by atoms with Crippen LogP contribution in [-0.4, -0.2) is 85.9 Å². The second-order valence-corrected chi connectivity index (χ2v) is 8.88. The first-order chi connectivity index (χ1) is 15.6. The number of urea groups is 1. The Morgan fingerprint density at radius 1 is 1.12 bits per heavy atom. The molecule has 8 nitrogen and oxygen atoms in total. The molecule has 1 aliphatic heterocycles. The molecule has 1 aromatic rings. The lowest BCUT2D eigenvalue weighted by Gasteiger charge is -2.29. The maximum atomic E-state index is 12.0. The number of piperidine rings is 1. The van der Waals surface area contributed by atoms with Crippen LogP contribution in [0.5, 0.6) is 5.75 Å². The Hall–Kier alpha value is -1.87. The molecule has 0 radical (unpaired) electrons. The summed E-state index contributed by atoms with van der Waals surface area (Å²) >= 11 is 0. The van der Waals surface area contributed by atoms with Crippen molar-refractivity contribution in [2.45, 2.75) is 50.7 Å². The summed E-state index contributed by atoms with van der Waals surface area (Å²) in [5, 5.41) is 25.6. The van der Waals surface area contributed by atoms with Gasteiger partial charge in [0.1, 0.15) is 18.5 Å². The molecule has 1 unspecified atom stereocenters. The molecule has 1 atom stereocenters. The number of hydrogen-bond donors (Lipinski definition) is 4. The quantitative estimate of drug-likeness (QED) is 0.341. The van der Waals surface area contributed by atoms with Crippen LogP contribution in [0, 0.1) is 5.92 Å². The van der Waals surface area contributed by atoms with E-state index in [4.69, 9.17) is 9.47 Å². The number of nitrogens with one attached hydrogen (secondary N) is 2. The number of aliphatic hydroxyl groups is 2. The predicted octanol–water partition coefficient (Wildman–Crippen LogP) is 1.54. The van der Waals surface area contributed by atoms with Gasteiger partial charge in [-0.1, -0.05) is 18.6 Å². The van der Waals surface area contributed by atoms with Crippen LogP contribution in [0.1, 0.15) is 37.7 Å². The highest BCUT2D eigenvalue weighted by atomic mass is 16.5. The number of benzene rings is 1. The minimum absolute atomic E-state index is 0.101. The van der Waals surface area contributed by atoms with Crippen molar-refractivity contribution in [2.75, 3.05) is 52.5 Å². The number of carbonyl (C=O) groups is 1. The van der Waals surface area contributed by atoms with E-state index in [0.29, 0.717) is 45.6 Å². The Kier molecular flexibility index (Phi) is 10.5. The lowest BCUT2D eigenvalue weighted by atomic mass is 9.86. The lowest BCUT2D eigenvalue weighted by Crippen LogP contribution is -2.47. The summed E-state index contributed by atoms with van der Waals surface area (Å²) in [5.74, 6) is 1.52. The molecule has 32 heavy (non-hydrogen) atoms. The van der Waals surface area contributed by atoms with E-state index >= 15 is 0 Å². The van der Waals surface area contributed by atoms with Crippen LogP contribution in [0.4, 0.5) is 4.79 Å². The molecule has 1 saturated carbocycles. The van der Waals surface area contributed by atoms with E-state index < -0.39 is 6.10 Å². The Morgan fingerprint density at radius 2 is 1.88 bits per heavy atom. The number of hydrogen-bond acceptors (Lipinski definition) is 6. The van der Waals surface area contributed by atoms with Gasteiger partial charge in [-0.3, -0.25) is 0 Å². The zero-order valence-electron chi connectivity index (χ0n) is 19.0. The topological polar surface area (TPSA) is 103 Å². The highest BCUT2D eigenvalue weighted by Gasteiger charge is 2.20. The van der Waals surface area contributed by atoms with E-state index in [1.165, 1.54) is 24.8 Å². The Balaban J connectivity index is 1.18. The summed E-state index contributed by atoms with van der Waals surface area (Å²) in [6.07, 6.45) is 5.23. The van der Waals surface area contributed by atoms with E-state index in [9.17, 15) is 15.0 Å². The first-order valence-electron chi connectivity index (χ1n) is 12.0. The van der Waals surface area contributed by atoms with Gasteiger partial charge in [-0.2, -0.15) is 0 Å². The van der Waals surface area contributed by atoms with Crippen molar-refractivity contribution in [3.05, 3.63) is 29.8 Å². The molecule has 0 spiro atoms. The van der Waals surface area contributed by atoms with Crippen molar-refractivity contribution in [3.8, 4) is 5.75 Å². The van der Waals surface area contributed by atoms with E-state index in [1.807, 2.05) is 24.3 Å². The fraction of sp³-hybridized carbons (Fsp3) is 0.708. The monoisotopic (exact) mass is 449 g/mol. The van der Waals surface area contributed by atoms with Crippen molar-refractivity contribution in [1.82, 2.24) is 15.5 Å². The van der Waals surface area contributed by atoms with Crippen LogP contribution in [0.25, 0.3) is 0 Å². The minimum Gasteiger partial charge on any atom is -0.491 e. The average Bonchev–Trinajstić information content (AvgIpc) is 2.77. The SMILES string of the molecule is O=C(NCCNCC(O)COc1ccc(CCOCC2CCC2)cc1)N1CCC(O)CC1. The molecule has 0 bridgehead atoms. The second-order valence-electron chi connectivity index (χ2n) is 8.88. The van der Waals surface area contributed by atoms with Gasteiger partial charge in [-0.05, 0) is 55.7 Å². The van der Waals surface area contributed by atoms with Crippen molar-refractivity contribution < 1.29 is 24.5 Å². The van der Waals surface area contributed by atoms with Crippen LogP contribution < -0.4 is 15.4 Å². The third kappa shape index (κ3) is 8.94. The van der Waals surface area contributed by atoms with Gasteiger partial charge in [-0.25, -0.2) is 4.79 Å². The van der Waals surface area contributed by atoms with E-state index in [-0.39, 0.29) is 18.7 Å². The van der Waals surface area contributed by atoms with Crippen LogP contribution in [0.3, 0.4) is 0 Å². The van der Waals surface area contributed by atoms with Crippen molar-refractivity contribution in [3.63, 3.8) is 0 Å². The number of nitrogens with zero attached hydrogens (tertiary/aromatic N) is 1. The van der Waals surface area contributed by atoms with Gasteiger partial charge in [0.25, 0.3) is 0 Å². The molecular weight excluding hydrogens is 410 g/mol. The minimum atomic E-state index is -0.631. The molecular formula is C24H39N3O5. The van der Waals surface area contributed by atoms with E-state index in [1.54, 1.807) is 4.90 Å². The molecule has 0 aromatic heterocycles. The third-order valence-corrected chi connectivity index (χ3v) is 6.19. The summed E-state index contributed by atoms with van der Waals surface area (Å²) in [5.41, 5.74) is 1.22. The Labute approximate surface area is 191 Å². The van der Waals surface area contributed by atoms with Gasteiger partial charge in [-0.15, -0.1) is 0 Å². The van der Waals surface area contributed by atoms with Crippen molar-refractivity contribution in [1.29, 1.82) is 0 Å². The molecule has 1 heterocycles. The van der Waals surface area contributed by atoms with Crippen LogP contribution >= 0.6 is 0 Å². The predicted molar refractivity (Wildman–Crippen MR) is 123 cm³/mol. The maximum absolute atomic E-state index is 12.0. The fourth-order valence-electron chi connectivity index (χ4n) is 3.81. The smallest absolute Gasteiger partial charge is 0.317 e. The van der Waals surface area contributed by atoms with Gasteiger partial charge in [0.05, 0.1) is 12.7 Å². The highest BCUT2D eigenvalue weighted by molar-refractivity contribution is 5.74. The number of ether oxygens (including phenoxy) is 2. The van der Waals surface area contributed by atoms with Gasteiger partial charge < -0.3 is 35.2 Å². The number of likely N-dealkylation sites (tertiary alicyclic amines) is 1. The first kappa shape index (κ1) is 24.8. The Bertz CT molecular complexity index is 660. The van der Waals surface area contributed by atoms with Crippen LogP contribution in [0.15, 0.2) is 24.3 Å². The molecule has 1 saturated heterocycles. The maximum Gasteiger partial charge on any atom is 0.317 e. The summed E-state index contributed by atoms with van der Waals surface area (Å²) in [6, 6.07) is 7.83. The number of aliphatic hydroxyl groups excluding tert-OH is 2. The molecule has 1 aliphatic carbocycles. The van der Waals surface area contributed by atoms with Crippen LogP contribution in [-0.2, 0) is 11.2 Å². The normalized spacial score (nSPS) is 18.2. The summed E-state index contributed by atoms with van der Waals surface area (Å²) in [7, 11) is 0. The molecule has 4 N–H and O–H groups in total. The zero-order chi connectivity index (χ0) is 22.6. The molecule has 8 heteroatoms. The zero-order valence-corrected chi connectivity index (χ0v) is 19.0. The highest BCUT2D eigenvalue weighted by Crippen LogP contribution is 2.26. The number of amides is 2. The lowest BCUT2D eigenvalue weighted by molar-refractivity contribution is 0.0722. The first-order valence-corrected chi connectivity index (χ1v) is 12.0. The van der Waals surface area contributed by atoms with Gasteiger partial charge in [0, 0.05) is 39.3 Å². The second kappa shape index (κ2) is 13.6. The van der Waals surface area contributed by atoms with Gasteiger partial charge >= 0.3 is 6.03 Å². The van der Waals surface area contributed by atoms with E-state index in [2.05, 4.69) is 10.6 Å². The summed E-state index contributed by atoms with van der Waals surface area (Å²) in [4.78, 5) is 13.8. The number of carbonyl (C=O) groups excluding carboxylic acids is 1. The van der Waals surface area contributed by atoms with Crippen LogP contribution in [0.2, 0.25) is 0 Å². The van der Waals surface area contributed by atoms with Gasteiger partial charge in [0.15, 0.2) is 0 Å². The molecule has 180 valence electrons. The standard InChI is InChI=1S/C24H39N3O5/c28-21-8-13-27(14-9-21)24(30)26-12-11-25-16-22(29)18-32-23-6-4-19(5-7-23)10-15-31-17-20-2-1-3-20/h4-7,20-22,25,28-29H,1-3,8-18H2,(H,26,30). The average molecular weight is 450 g/mol. The number of rotatable bonds is 13. The third-order valence-electron chi connectivity index (χ3n) is 6.19. The van der Waals surface area contributed by atoms with Crippen molar-refractivity contribution >= 4 is 6.03 Å².